The van der Waals surface area contributed by atoms with Gasteiger partial charge in [-0.15, -0.1) is 0 Å². The van der Waals surface area contributed by atoms with Gasteiger partial charge in [0.2, 0.25) is 0 Å². The molecule has 0 amide bonds. The van der Waals surface area contributed by atoms with Crippen LogP contribution >= 0.6 is 11.8 Å². The number of hydrogen-bond donors (Lipinski definition) is 1. The SMILES string of the molecule is Cc1coc(SCC(C)CNC(C)C)n1. The highest BCUT2D eigenvalue weighted by Crippen LogP contribution is 2.19. The van der Waals surface area contributed by atoms with E-state index in [1.165, 1.54) is 0 Å². The summed E-state index contributed by atoms with van der Waals surface area (Å²) in [5.74, 6) is 1.67. The number of rotatable bonds is 6. The molecule has 0 aliphatic rings. The zero-order valence-electron chi connectivity index (χ0n) is 9.91. The lowest BCUT2D eigenvalue weighted by Crippen LogP contribution is -2.28. The second kappa shape index (κ2) is 6.18. The Morgan fingerprint density at radius 3 is 2.73 bits per heavy atom. The minimum absolute atomic E-state index is 0.557. The molecule has 0 aliphatic carbocycles. The Labute approximate surface area is 96.0 Å². The van der Waals surface area contributed by atoms with E-state index in [9.17, 15) is 0 Å². The topological polar surface area (TPSA) is 38.1 Å². The molecule has 15 heavy (non-hydrogen) atoms. The fraction of sp³-hybridized carbons (Fsp3) is 0.727. The zero-order chi connectivity index (χ0) is 11.3. The van der Waals surface area contributed by atoms with Gasteiger partial charge in [0.05, 0.1) is 5.69 Å². The molecule has 0 saturated heterocycles. The average molecular weight is 228 g/mol. The van der Waals surface area contributed by atoms with Gasteiger partial charge in [-0.1, -0.05) is 32.5 Å². The van der Waals surface area contributed by atoms with Gasteiger partial charge in [0, 0.05) is 11.8 Å². The molecular weight excluding hydrogens is 208 g/mol. The molecule has 1 rings (SSSR count). The number of nitrogens with zero attached hydrogens (tertiary/aromatic N) is 1. The Hall–Kier alpha value is -0.480. The molecule has 0 bridgehead atoms. The Bertz CT molecular complexity index is 286. The predicted molar refractivity (Wildman–Crippen MR) is 64.3 cm³/mol. The third kappa shape index (κ3) is 5.23. The number of nitrogens with one attached hydrogen (secondary N) is 1. The van der Waals surface area contributed by atoms with E-state index in [1.54, 1.807) is 18.0 Å². The smallest absolute Gasteiger partial charge is 0.255 e. The van der Waals surface area contributed by atoms with Crippen LogP contribution in [0, 0.1) is 12.8 Å². The standard InChI is InChI=1S/C11H20N2OS/c1-8(2)12-5-9(3)7-15-11-13-10(4)6-14-11/h6,8-9,12H,5,7H2,1-4H3. The lowest BCUT2D eigenvalue weighted by Gasteiger charge is -2.13. The third-order valence-corrected chi connectivity index (χ3v) is 3.13. The van der Waals surface area contributed by atoms with E-state index in [2.05, 4.69) is 31.1 Å². The van der Waals surface area contributed by atoms with Crippen molar-refractivity contribution in [2.75, 3.05) is 12.3 Å². The Morgan fingerprint density at radius 1 is 1.47 bits per heavy atom. The zero-order valence-corrected chi connectivity index (χ0v) is 10.7. The van der Waals surface area contributed by atoms with E-state index < -0.39 is 0 Å². The van der Waals surface area contributed by atoms with Gasteiger partial charge in [-0.3, -0.25) is 0 Å². The van der Waals surface area contributed by atoms with Gasteiger partial charge >= 0.3 is 0 Å². The van der Waals surface area contributed by atoms with Gasteiger partial charge in [-0.25, -0.2) is 4.98 Å². The summed E-state index contributed by atoms with van der Waals surface area (Å²) in [5, 5.41) is 4.20. The summed E-state index contributed by atoms with van der Waals surface area (Å²) in [6, 6.07) is 0.557. The van der Waals surface area contributed by atoms with Crippen molar-refractivity contribution in [2.24, 2.45) is 5.92 Å². The molecule has 0 spiro atoms. The minimum Gasteiger partial charge on any atom is -0.440 e. The molecule has 0 radical (unpaired) electrons. The van der Waals surface area contributed by atoms with Crippen molar-refractivity contribution in [1.29, 1.82) is 0 Å². The first-order valence-corrected chi connectivity index (χ1v) is 6.34. The van der Waals surface area contributed by atoms with Crippen LogP contribution in [-0.4, -0.2) is 23.3 Å². The van der Waals surface area contributed by atoms with E-state index in [-0.39, 0.29) is 0 Å². The van der Waals surface area contributed by atoms with Crippen molar-refractivity contribution < 1.29 is 4.42 Å². The summed E-state index contributed by atoms with van der Waals surface area (Å²) >= 11 is 1.68. The molecule has 1 atom stereocenters. The van der Waals surface area contributed by atoms with Crippen molar-refractivity contribution in [1.82, 2.24) is 10.3 Å². The van der Waals surface area contributed by atoms with Gasteiger partial charge in [0.15, 0.2) is 0 Å². The molecule has 0 saturated carbocycles. The average Bonchev–Trinajstić information content (AvgIpc) is 2.58. The molecule has 0 aromatic carbocycles. The van der Waals surface area contributed by atoms with E-state index in [0.717, 1.165) is 23.2 Å². The molecule has 1 heterocycles. The minimum atomic E-state index is 0.557. The van der Waals surface area contributed by atoms with E-state index in [4.69, 9.17) is 4.42 Å². The maximum atomic E-state index is 5.27. The number of aryl methyl sites for hydroxylation is 1. The van der Waals surface area contributed by atoms with E-state index >= 15 is 0 Å². The molecule has 1 aromatic heterocycles. The summed E-state index contributed by atoms with van der Waals surface area (Å²) in [6.07, 6.45) is 1.69. The molecule has 4 heteroatoms. The molecule has 0 fully saturated rings. The monoisotopic (exact) mass is 228 g/mol. The first-order valence-electron chi connectivity index (χ1n) is 5.36. The molecule has 1 unspecified atom stereocenters. The molecule has 0 aliphatic heterocycles. The van der Waals surface area contributed by atoms with E-state index in [0.29, 0.717) is 12.0 Å². The number of hydrogen-bond acceptors (Lipinski definition) is 4. The van der Waals surface area contributed by atoms with Crippen molar-refractivity contribution in [3.63, 3.8) is 0 Å². The van der Waals surface area contributed by atoms with Crippen LogP contribution in [0.2, 0.25) is 0 Å². The predicted octanol–water partition coefficient (Wildman–Crippen LogP) is 2.71. The second-order valence-electron chi connectivity index (χ2n) is 4.23. The molecule has 86 valence electrons. The fourth-order valence-electron chi connectivity index (χ4n) is 1.11. The normalized spacial score (nSPS) is 13.4. The Morgan fingerprint density at radius 2 is 2.20 bits per heavy atom. The molecule has 1 N–H and O–H groups in total. The maximum absolute atomic E-state index is 5.27. The number of thioether (sulfide) groups is 1. The summed E-state index contributed by atoms with van der Waals surface area (Å²) in [5.41, 5.74) is 0.949. The summed E-state index contributed by atoms with van der Waals surface area (Å²) in [7, 11) is 0. The first-order chi connectivity index (χ1) is 7.08. The maximum Gasteiger partial charge on any atom is 0.255 e. The van der Waals surface area contributed by atoms with Crippen LogP contribution in [-0.2, 0) is 0 Å². The van der Waals surface area contributed by atoms with E-state index in [1.807, 2.05) is 6.92 Å². The third-order valence-electron chi connectivity index (χ3n) is 1.96. The van der Waals surface area contributed by atoms with Gasteiger partial charge < -0.3 is 9.73 Å². The lowest BCUT2D eigenvalue weighted by atomic mass is 10.2. The van der Waals surface area contributed by atoms with Crippen LogP contribution in [0.15, 0.2) is 15.9 Å². The van der Waals surface area contributed by atoms with Crippen molar-refractivity contribution >= 4 is 11.8 Å². The van der Waals surface area contributed by atoms with Crippen LogP contribution in [0.5, 0.6) is 0 Å². The fourth-order valence-corrected chi connectivity index (χ4v) is 1.98. The largest absolute Gasteiger partial charge is 0.440 e. The molecular formula is C11H20N2OS. The van der Waals surface area contributed by atoms with Crippen molar-refractivity contribution in [2.45, 2.75) is 39.0 Å². The summed E-state index contributed by atoms with van der Waals surface area (Å²) in [4.78, 5) is 4.25. The van der Waals surface area contributed by atoms with Crippen LogP contribution in [0.25, 0.3) is 0 Å². The van der Waals surface area contributed by atoms with Gasteiger partial charge in [-0.05, 0) is 19.4 Å². The van der Waals surface area contributed by atoms with Crippen LogP contribution in [0.4, 0.5) is 0 Å². The molecule has 3 nitrogen and oxygen atoms in total. The number of oxazole rings is 1. The Kier molecular flexibility index (Phi) is 5.19. The summed E-state index contributed by atoms with van der Waals surface area (Å²) in [6.45, 7) is 9.55. The van der Waals surface area contributed by atoms with Crippen LogP contribution in [0.1, 0.15) is 26.5 Å². The van der Waals surface area contributed by atoms with Gasteiger partial charge in [0.25, 0.3) is 5.22 Å². The highest BCUT2D eigenvalue weighted by molar-refractivity contribution is 7.99. The first kappa shape index (κ1) is 12.6. The van der Waals surface area contributed by atoms with Crippen molar-refractivity contribution in [3.8, 4) is 0 Å². The molecule has 1 aromatic rings. The Balaban J connectivity index is 2.19. The second-order valence-corrected chi connectivity index (χ2v) is 5.21. The van der Waals surface area contributed by atoms with Crippen LogP contribution in [0.3, 0.4) is 0 Å². The lowest BCUT2D eigenvalue weighted by molar-refractivity contribution is 0.451. The van der Waals surface area contributed by atoms with Crippen LogP contribution < -0.4 is 5.32 Å². The highest BCUT2D eigenvalue weighted by atomic mass is 32.2. The highest BCUT2D eigenvalue weighted by Gasteiger charge is 2.07. The summed E-state index contributed by atoms with van der Waals surface area (Å²) < 4.78 is 5.27. The van der Waals surface area contributed by atoms with Gasteiger partial charge in [-0.2, -0.15) is 0 Å². The number of aromatic nitrogens is 1. The quantitative estimate of drug-likeness (QED) is 0.760. The van der Waals surface area contributed by atoms with Crippen molar-refractivity contribution in [3.05, 3.63) is 12.0 Å². The van der Waals surface area contributed by atoms with Gasteiger partial charge in [0.1, 0.15) is 6.26 Å².